The lowest BCUT2D eigenvalue weighted by atomic mass is 10.0. The first kappa shape index (κ1) is 21.8. The molecule has 0 unspecified atom stereocenters. The van der Waals surface area contributed by atoms with Crippen molar-refractivity contribution in [2.45, 2.75) is 20.8 Å². The van der Waals surface area contributed by atoms with E-state index in [0.29, 0.717) is 11.0 Å². The van der Waals surface area contributed by atoms with E-state index in [1.165, 1.54) is 11.1 Å². The second-order valence-electron chi connectivity index (χ2n) is 8.15. The SMILES string of the molecule is Cc1ccc(-c2nnc(N/N=C\c3c(C)nn(-c4ccccc4)c3Cl)c3ccccc23)cc1C. The number of fused-ring (bicyclic) bond motifs is 1. The number of aryl methyl sites for hydroxylation is 3. The number of hydrogen-bond acceptors (Lipinski definition) is 5. The Morgan fingerprint density at radius 3 is 2.35 bits per heavy atom. The number of benzene rings is 3. The number of hydrazone groups is 1. The second-order valence-corrected chi connectivity index (χ2v) is 8.51. The lowest BCUT2D eigenvalue weighted by Gasteiger charge is -2.10. The highest BCUT2D eigenvalue weighted by atomic mass is 35.5. The highest BCUT2D eigenvalue weighted by Crippen LogP contribution is 2.30. The summed E-state index contributed by atoms with van der Waals surface area (Å²) >= 11 is 6.61. The van der Waals surface area contributed by atoms with Crippen LogP contribution in [-0.2, 0) is 0 Å². The van der Waals surface area contributed by atoms with Crippen molar-refractivity contribution in [3.63, 3.8) is 0 Å². The fraction of sp³-hybridized carbons (Fsp3) is 0.111. The zero-order valence-electron chi connectivity index (χ0n) is 19.1. The van der Waals surface area contributed by atoms with Crippen LogP contribution < -0.4 is 5.43 Å². The Labute approximate surface area is 202 Å². The van der Waals surface area contributed by atoms with Gasteiger partial charge in [0.25, 0.3) is 0 Å². The molecule has 2 aromatic heterocycles. The van der Waals surface area contributed by atoms with E-state index in [9.17, 15) is 0 Å². The molecule has 34 heavy (non-hydrogen) atoms. The highest BCUT2D eigenvalue weighted by molar-refractivity contribution is 6.32. The van der Waals surface area contributed by atoms with Gasteiger partial charge in [-0.3, -0.25) is 5.43 Å². The van der Waals surface area contributed by atoms with Crippen LogP contribution in [0.3, 0.4) is 0 Å². The largest absolute Gasteiger partial charge is 0.259 e. The van der Waals surface area contributed by atoms with Gasteiger partial charge in [0.15, 0.2) is 5.82 Å². The smallest absolute Gasteiger partial charge is 0.176 e. The van der Waals surface area contributed by atoms with Crippen LogP contribution in [0.25, 0.3) is 27.7 Å². The van der Waals surface area contributed by atoms with Crippen LogP contribution in [0.5, 0.6) is 0 Å². The fourth-order valence-electron chi connectivity index (χ4n) is 3.84. The molecule has 6 nitrogen and oxygen atoms in total. The Morgan fingerprint density at radius 2 is 1.59 bits per heavy atom. The lowest BCUT2D eigenvalue weighted by molar-refractivity contribution is 0.863. The van der Waals surface area contributed by atoms with E-state index in [1.807, 2.05) is 61.5 Å². The molecule has 0 bridgehead atoms. The summed E-state index contributed by atoms with van der Waals surface area (Å²) in [6, 6.07) is 24.1. The van der Waals surface area contributed by atoms with E-state index in [-0.39, 0.29) is 0 Å². The first-order valence-corrected chi connectivity index (χ1v) is 11.3. The Hall–Kier alpha value is -4.03. The van der Waals surface area contributed by atoms with Gasteiger partial charge in [0.1, 0.15) is 10.8 Å². The number of anilines is 1. The molecule has 0 saturated heterocycles. The molecule has 5 rings (SSSR count). The molecule has 0 aliphatic heterocycles. The summed E-state index contributed by atoms with van der Waals surface area (Å²) in [7, 11) is 0. The van der Waals surface area contributed by atoms with Crippen molar-refractivity contribution in [1.29, 1.82) is 0 Å². The predicted molar refractivity (Wildman–Crippen MR) is 139 cm³/mol. The number of rotatable bonds is 5. The monoisotopic (exact) mass is 466 g/mol. The molecule has 0 amide bonds. The summed E-state index contributed by atoms with van der Waals surface area (Å²) in [5.74, 6) is 0.573. The molecule has 0 aliphatic carbocycles. The Balaban J connectivity index is 1.47. The molecule has 0 saturated carbocycles. The van der Waals surface area contributed by atoms with Crippen molar-refractivity contribution < 1.29 is 0 Å². The van der Waals surface area contributed by atoms with Crippen LogP contribution >= 0.6 is 11.6 Å². The summed E-state index contributed by atoms with van der Waals surface area (Å²) in [6.45, 7) is 6.11. The van der Waals surface area contributed by atoms with Gasteiger partial charge in [0, 0.05) is 16.3 Å². The third-order valence-electron chi connectivity index (χ3n) is 5.88. The minimum absolute atomic E-state index is 0.496. The van der Waals surface area contributed by atoms with Crippen LogP contribution in [0.4, 0.5) is 5.82 Å². The van der Waals surface area contributed by atoms with Crippen molar-refractivity contribution in [2.75, 3.05) is 5.43 Å². The predicted octanol–water partition coefficient (Wildman–Crippen LogP) is 6.51. The van der Waals surface area contributed by atoms with Gasteiger partial charge in [-0.25, -0.2) is 4.68 Å². The molecule has 2 heterocycles. The summed E-state index contributed by atoms with van der Waals surface area (Å²) in [6.07, 6.45) is 1.66. The van der Waals surface area contributed by atoms with Crippen LogP contribution in [0, 0.1) is 20.8 Å². The van der Waals surface area contributed by atoms with E-state index in [0.717, 1.165) is 39.0 Å². The molecule has 0 fully saturated rings. The maximum absolute atomic E-state index is 6.61. The number of nitrogens with zero attached hydrogens (tertiary/aromatic N) is 5. The first-order valence-electron chi connectivity index (χ1n) is 11.0. The highest BCUT2D eigenvalue weighted by Gasteiger charge is 2.14. The number of para-hydroxylation sites is 1. The zero-order valence-corrected chi connectivity index (χ0v) is 19.9. The minimum Gasteiger partial charge on any atom is -0.259 e. The molecule has 5 aromatic rings. The second kappa shape index (κ2) is 9.08. The maximum Gasteiger partial charge on any atom is 0.176 e. The third kappa shape index (κ3) is 4.04. The zero-order chi connectivity index (χ0) is 23.7. The molecule has 3 aromatic carbocycles. The quantitative estimate of drug-likeness (QED) is 0.237. The van der Waals surface area contributed by atoms with Gasteiger partial charge in [-0.05, 0) is 50.1 Å². The maximum atomic E-state index is 6.61. The van der Waals surface area contributed by atoms with Crippen LogP contribution in [0.15, 0.2) is 77.9 Å². The van der Waals surface area contributed by atoms with Gasteiger partial charge in [-0.15, -0.1) is 10.2 Å². The Bertz CT molecular complexity index is 1520. The molecular formula is C27H23ClN6. The lowest BCUT2D eigenvalue weighted by Crippen LogP contribution is -2.00. The van der Waals surface area contributed by atoms with E-state index in [1.54, 1.807) is 10.9 Å². The summed E-state index contributed by atoms with van der Waals surface area (Å²) in [4.78, 5) is 0. The average molecular weight is 467 g/mol. The van der Waals surface area contributed by atoms with Gasteiger partial charge in [-0.1, -0.05) is 66.2 Å². The van der Waals surface area contributed by atoms with Gasteiger partial charge in [-0.2, -0.15) is 10.2 Å². The molecule has 0 atom stereocenters. The minimum atomic E-state index is 0.496. The van der Waals surface area contributed by atoms with E-state index in [2.05, 4.69) is 57.9 Å². The number of nitrogens with one attached hydrogen (secondary N) is 1. The van der Waals surface area contributed by atoms with Crippen molar-refractivity contribution in [1.82, 2.24) is 20.0 Å². The van der Waals surface area contributed by atoms with Crippen molar-refractivity contribution >= 4 is 34.4 Å². The normalized spacial score (nSPS) is 11.4. The topological polar surface area (TPSA) is 68.0 Å². The standard InChI is InChI=1S/C27H23ClN6/c1-17-13-14-20(15-18(17)2)25-22-11-7-8-12-23(22)27(32-30-25)31-29-16-24-19(3)33-34(26(24)28)21-9-5-4-6-10-21/h4-16H,1-3H3,(H,31,32)/b29-16-. The number of halogens is 1. The van der Waals surface area contributed by atoms with Crippen molar-refractivity contribution in [3.05, 3.63) is 100 Å². The van der Waals surface area contributed by atoms with Crippen LogP contribution in [-0.4, -0.2) is 26.2 Å². The van der Waals surface area contributed by atoms with Gasteiger partial charge >= 0.3 is 0 Å². The fourth-order valence-corrected chi connectivity index (χ4v) is 4.17. The van der Waals surface area contributed by atoms with Crippen LogP contribution in [0.1, 0.15) is 22.4 Å². The van der Waals surface area contributed by atoms with E-state index >= 15 is 0 Å². The van der Waals surface area contributed by atoms with Crippen LogP contribution in [0.2, 0.25) is 5.15 Å². The molecule has 0 aliphatic rings. The average Bonchev–Trinajstić information content (AvgIpc) is 3.15. The first-order chi connectivity index (χ1) is 16.5. The van der Waals surface area contributed by atoms with Crippen molar-refractivity contribution in [2.24, 2.45) is 5.10 Å². The summed E-state index contributed by atoms with van der Waals surface area (Å²) in [5, 5.41) is 20.4. The Kier molecular flexibility index (Phi) is 5.82. The number of aromatic nitrogens is 4. The molecular weight excluding hydrogens is 444 g/mol. The summed E-state index contributed by atoms with van der Waals surface area (Å²) < 4.78 is 1.70. The molecule has 7 heteroatoms. The van der Waals surface area contributed by atoms with Gasteiger partial charge < -0.3 is 0 Å². The van der Waals surface area contributed by atoms with E-state index < -0.39 is 0 Å². The Morgan fingerprint density at radius 1 is 0.853 bits per heavy atom. The number of hydrogen-bond donors (Lipinski definition) is 1. The van der Waals surface area contributed by atoms with Crippen molar-refractivity contribution in [3.8, 4) is 16.9 Å². The summed E-state index contributed by atoms with van der Waals surface area (Å²) in [5.41, 5.74) is 9.80. The van der Waals surface area contributed by atoms with Gasteiger partial charge in [0.2, 0.25) is 0 Å². The third-order valence-corrected chi connectivity index (χ3v) is 6.24. The molecule has 0 spiro atoms. The van der Waals surface area contributed by atoms with E-state index in [4.69, 9.17) is 11.6 Å². The van der Waals surface area contributed by atoms with Gasteiger partial charge in [0.05, 0.1) is 23.2 Å². The molecule has 168 valence electrons. The molecule has 1 N–H and O–H groups in total. The molecule has 0 radical (unpaired) electrons.